The Hall–Kier alpha value is -1.46. The third-order valence-electron chi connectivity index (χ3n) is 3.86. The van der Waals surface area contributed by atoms with Crippen molar-refractivity contribution in [2.45, 2.75) is 6.92 Å². The highest BCUT2D eigenvalue weighted by atomic mass is 127. The molecule has 0 unspecified atom stereocenters. The van der Waals surface area contributed by atoms with E-state index in [1.807, 2.05) is 17.4 Å². The molecule has 0 atom stereocenters. The molecule has 110 valence electrons. The van der Waals surface area contributed by atoms with Crippen LogP contribution in [0.15, 0.2) is 47.2 Å². The first kappa shape index (κ1) is 15.4. The summed E-state index contributed by atoms with van der Waals surface area (Å²) < 4.78 is 5.58. The number of aryl methyl sites for hydroxylation is 2. The molecule has 0 aliphatic heterocycles. The number of thiophene rings is 1. The molecule has 22 heavy (non-hydrogen) atoms. The van der Waals surface area contributed by atoms with Crippen LogP contribution in [0.3, 0.4) is 0 Å². The van der Waals surface area contributed by atoms with Crippen LogP contribution < -0.4 is 4.57 Å². The highest BCUT2D eigenvalue weighted by molar-refractivity contribution is 14.1. The van der Waals surface area contributed by atoms with Crippen LogP contribution in [0.1, 0.15) is 16.0 Å². The smallest absolute Gasteiger partial charge is 0.201 e. The topological polar surface area (TPSA) is 3.88 Å². The van der Waals surface area contributed by atoms with Crippen LogP contribution in [0.2, 0.25) is 0 Å². The molecule has 3 aromatic rings. The highest BCUT2D eigenvalue weighted by Crippen LogP contribution is 2.40. The maximum Gasteiger partial charge on any atom is 0.213 e. The zero-order valence-electron chi connectivity index (χ0n) is 12.6. The number of halogens is 1. The van der Waals surface area contributed by atoms with E-state index in [-0.39, 0.29) is 0 Å². The van der Waals surface area contributed by atoms with E-state index in [1.165, 1.54) is 37.3 Å². The van der Waals surface area contributed by atoms with E-state index in [0.29, 0.717) is 0 Å². The van der Waals surface area contributed by atoms with Gasteiger partial charge in [0.15, 0.2) is 6.20 Å². The quantitative estimate of drug-likeness (QED) is 0.377. The number of benzene rings is 1. The Morgan fingerprint density at radius 1 is 1.23 bits per heavy atom. The van der Waals surface area contributed by atoms with Gasteiger partial charge in [-0.2, -0.15) is 0 Å². The molecule has 0 saturated carbocycles. The van der Waals surface area contributed by atoms with Crippen molar-refractivity contribution >= 4 is 56.2 Å². The summed E-state index contributed by atoms with van der Waals surface area (Å²) in [5.74, 6) is 0. The van der Waals surface area contributed by atoms with E-state index >= 15 is 0 Å². The average molecular weight is 418 g/mol. The summed E-state index contributed by atoms with van der Waals surface area (Å²) in [5, 5.41) is 1.30. The van der Waals surface area contributed by atoms with Gasteiger partial charge < -0.3 is 0 Å². The molecule has 0 radical (unpaired) electrons. The Balaban J connectivity index is 2.43. The summed E-state index contributed by atoms with van der Waals surface area (Å²) in [4.78, 5) is 1.23. The fourth-order valence-electron chi connectivity index (χ4n) is 2.78. The van der Waals surface area contributed by atoms with Gasteiger partial charge in [-0.1, -0.05) is 47.4 Å². The lowest BCUT2D eigenvalue weighted by molar-refractivity contribution is -0.660. The lowest BCUT2D eigenvalue weighted by atomic mass is 10.00. The van der Waals surface area contributed by atoms with Crippen molar-refractivity contribution in [3.8, 4) is 11.3 Å². The van der Waals surface area contributed by atoms with Gasteiger partial charge in [0, 0.05) is 32.7 Å². The summed E-state index contributed by atoms with van der Waals surface area (Å²) in [5.41, 5.74) is 5.13. The standard InChI is InChI=1S/C19H17INS/c1-4-17-14(10-11-20)15-9-8-13(2)18(19(15)22-17)16-7-5-6-12-21(16)3/h4-12H,1H2,2-3H3/q+1/b11-10-. The van der Waals surface area contributed by atoms with Crippen LogP contribution in [0.25, 0.3) is 33.5 Å². The van der Waals surface area contributed by atoms with Crippen LogP contribution in [0.5, 0.6) is 0 Å². The molecule has 0 bridgehead atoms. The first-order chi connectivity index (χ1) is 10.7. The molecule has 2 aromatic heterocycles. The molecule has 0 spiro atoms. The number of aromatic nitrogens is 1. The molecule has 0 saturated heterocycles. The summed E-state index contributed by atoms with van der Waals surface area (Å²) >= 11 is 4.09. The van der Waals surface area contributed by atoms with E-state index in [4.69, 9.17) is 0 Å². The lowest BCUT2D eigenvalue weighted by Gasteiger charge is -2.06. The van der Waals surface area contributed by atoms with Crippen LogP contribution in [-0.4, -0.2) is 0 Å². The second-order valence-electron chi connectivity index (χ2n) is 5.21. The largest absolute Gasteiger partial charge is 0.213 e. The van der Waals surface area contributed by atoms with Gasteiger partial charge in [0.2, 0.25) is 5.69 Å². The van der Waals surface area contributed by atoms with E-state index in [9.17, 15) is 0 Å². The second-order valence-corrected chi connectivity index (χ2v) is 6.98. The molecule has 0 fully saturated rings. The fraction of sp³-hybridized carbons (Fsp3) is 0.105. The van der Waals surface area contributed by atoms with Gasteiger partial charge in [0.1, 0.15) is 7.05 Å². The van der Waals surface area contributed by atoms with Crippen LogP contribution in [-0.2, 0) is 7.05 Å². The van der Waals surface area contributed by atoms with Gasteiger partial charge in [0.25, 0.3) is 0 Å². The number of hydrogen-bond donors (Lipinski definition) is 0. The van der Waals surface area contributed by atoms with Gasteiger partial charge in [-0.3, -0.25) is 0 Å². The minimum absolute atomic E-state index is 1.23. The van der Waals surface area contributed by atoms with Crippen molar-refractivity contribution in [1.82, 2.24) is 0 Å². The predicted octanol–water partition coefficient (Wildman–Crippen LogP) is 5.75. The zero-order chi connectivity index (χ0) is 15.7. The Kier molecular flexibility index (Phi) is 4.45. The highest BCUT2D eigenvalue weighted by Gasteiger charge is 2.19. The van der Waals surface area contributed by atoms with Crippen LogP contribution in [0.4, 0.5) is 0 Å². The third kappa shape index (κ3) is 2.52. The number of nitrogens with zero attached hydrogens (tertiary/aromatic N) is 1. The minimum atomic E-state index is 1.23. The molecular weight excluding hydrogens is 401 g/mol. The SMILES string of the molecule is C=Cc1sc2c(-c3cccc[n+]3C)c(C)ccc2c1/C=C\I. The van der Waals surface area contributed by atoms with Crippen molar-refractivity contribution in [3.63, 3.8) is 0 Å². The van der Waals surface area contributed by atoms with Gasteiger partial charge in [0.05, 0.1) is 5.56 Å². The Bertz CT molecular complexity index is 890. The summed E-state index contributed by atoms with van der Waals surface area (Å²) in [6.45, 7) is 6.16. The predicted molar refractivity (Wildman–Crippen MR) is 106 cm³/mol. The van der Waals surface area contributed by atoms with Gasteiger partial charge in [-0.15, -0.1) is 11.3 Å². The second kappa shape index (κ2) is 6.34. The molecule has 3 rings (SSSR count). The average Bonchev–Trinajstić information content (AvgIpc) is 2.87. The Labute approximate surface area is 148 Å². The van der Waals surface area contributed by atoms with Crippen molar-refractivity contribution in [3.05, 3.63) is 63.2 Å². The third-order valence-corrected chi connectivity index (χ3v) is 5.45. The summed E-state index contributed by atoms with van der Waals surface area (Å²) in [6, 6.07) is 10.8. The minimum Gasteiger partial charge on any atom is -0.201 e. The number of hydrogen-bond acceptors (Lipinski definition) is 1. The first-order valence-corrected chi connectivity index (χ1v) is 9.14. The van der Waals surface area contributed by atoms with Gasteiger partial charge in [-0.25, -0.2) is 4.57 Å². The van der Waals surface area contributed by atoms with E-state index < -0.39 is 0 Å². The van der Waals surface area contributed by atoms with Crippen molar-refractivity contribution < 1.29 is 4.57 Å². The molecule has 0 N–H and O–H groups in total. The normalized spacial score (nSPS) is 11.4. The molecule has 1 nitrogen and oxygen atoms in total. The fourth-order valence-corrected chi connectivity index (χ4v) is 4.39. The molecule has 1 aromatic carbocycles. The molecule has 3 heteroatoms. The van der Waals surface area contributed by atoms with Crippen molar-refractivity contribution in [2.75, 3.05) is 0 Å². The van der Waals surface area contributed by atoms with Gasteiger partial charge >= 0.3 is 0 Å². The Morgan fingerprint density at radius 3 is 2.73 bits per heavy atom. The zero-order valence-corrected chi connectivity index (χ0v) is 15.6. The van der Waals surface area contributed by atoms with Gasteiger partial charge in [-0.05, 0) is 28.7 Å². The van der Waals surface area contributed by atoms with Crippen molar-refractivity contribution in [1.29, 1.82) is 0 Å². The lowest BCUT2D eigenvalue weighted by Crippen LogP contribution is -2.30. The number of pyridine rings is 1. The maximum absolute atomic E-state index is 3.98. The summed E-state index contributed by atoms with van der Waals surface area (Å²) in [7, 11) is 2.10. The number of fused-ring (bicyclic) bond motifs is 1. The van der Waals surface area contributed by atoms with Crippen LogP contribution >= 0.6 is 33.9 Å². The number of rotatable bonds is 3. The molecule has 0 amide bonds. The monoisotopic (exact) mass is 418 g/mol. The molecule has 0 aliphatic carbocycles. The molecular formula is C19H17INS+. The first-order valence-electron chi connectivity index (χ1n) is 7.07. The van der Waals surface area contributed by atoms with E-state index in [2.05, 4.69) is 94.4 Å². The molecule has 0 aliphatic rings. The maximum atomic E-state index is 3.98. The Morgan fingerprint density at radius 2 is 2.05 bits per heavy atom. The van der Waals surface area contributed by atoms with Crippen LogP contribution in [0, 0.1) is 6.92 Å². The summed E-state index contributed by atoms with van der Waals surface area (Å²) in [6.07, 6.45) is 6.22. The molecule has 2 heterocycles. The van der Waals surface area contributed by atoms with Crippen molar-refractivity contribution in [2.24, 2.45) is 7.05 Å². The van der Waals surface area contributed by atoms with E-state index in [1.54, 1.807) is 0 Å². The van der Waals surface area contributed by atoms with E-state index in [0.717, 1.165) is 0 Å².